The number of hydrogen-bond acceptors (Lipinski definition) is 6. The molecule has 2 aromatic carbocycles. The summed E-state index contributed by atoms with van der Waals surface area (Å²) in [6.45, 7) is -1.65. The Morgan fingerprint density at radius 2 is 1.43 bits per heavy atom. The predicted molar refractivity (Wildman–Crippen MR) is 96.0 cm³/mol. The van der Waals surface area contributed by atoms with E-state index in [1.807, 2.05) is 0 Å². The van der Waals surface area contributed by atoms with E-state index >= 15 is 0 Å². The molecule has 0 fully saturated rings. The van der Waals surface area contributed by atoms with Gasteiger partial charge in [0, 0.05) is 11.0 Å². The highest BCUT2D eigenvalue weighted by molar-refractivity contribution is 9.10. The third-order valence-corrected chi connectivity index (χ3v) is 6.80. The fraction of sp³-hybridized carbons (Fsp3) is 0.200. The number of benzene rings is 2. The van der Waals surface area contributed by atoms with Crippen LogP contribution in [0.4, 0.5) is 13.2 Å². The van der Waals surface area contributed by atoms with Crippen molar-refractivity contribution in [1.82, 2.24) is 4.47 Å². The van der Waals surface area contributed by atoms with E-state index in [9.17, 15) is 35.2 Å². The average Bonchev–Trinajstić information content (AvgIpc) is 2.61. The molecule has 0 saturated heterocycles. The van der Waals surface area contributed by atoms with E-state index in [2.05, 4.69) is 20.1 Å². The van der Waals surface area contributed by atoms with Gasteiger partial charge in [0.1, 0.15) is 0 Å². The zero-order valence-corrected chi connectivity index (χ0v) is 17.0. The summed E-state index contributed by atoms with van der Waals surface area (Å²) in [4.78, 5) is -0.856. The predicted octanol–water partition coefficient (Wildman–Crippen LogP) is 3.36. The molecule has 0 heterocycles. The zero-order valence-electron chi connectivity index (χ0n) is 13.8. The Morgan fingerprint density at radius 1 is 0.929 bits per heavy atom. The van der Waals surface area contributed by atoms with Gasteiger partial charge in [-0.05, 0) is 48.5 Å². The summed E-state index contributed by atoms with van der Waals surface area (Å²) in [5.74, 6) is 0. The second kappa shape index (κ2) is 8.47. The molecular formula is C15H12BrF3NO6S2-. The largest absolute Gasteiger partial charge is 0.772 e. The second-order valence-corrected chi connectivity index (χ2v) is 9.64. The van der Waals surface area contributed by atoms with Gasteiger partial charge in [0.2, 0.25) is 10.0 Å². The fourth-order valence-electron chi connectivity index (χ4n) is 1.94. The van der Waals surface area contributed by atoms with Crippen LogP contribution in [0.15, 0.2) is 62.8 Å². The Bertz CT molecular complexity index is 1020. The van der Waals surface area contributed by atoms with Gasteiger partial charge in [-0.15, -0.1) is 0 Å². The molecule has 0 aliphatic carbocycles. The second-order valence-electron chi connectivity index (χ2n) is 5.28. The Kier molecular flexibility index (Phi) is 6.89. The van der Waals surface area contributed by atoms with Gasteiger partial charge in [0.15, 0.2) is 0 Å². The van der Waals surface area contributed by atoms with Crippen LogP contribution in [0, 0.1) is 5.21 Å². The highest BCUT2D eigenvalue weighted by atomic mass is 79.9. The Hall–Kier alpha value is -1.51. The van der Waals surface area contributed by atoms with Crippen LogP contribution in [0.25, 0.3) is 0 Å². The van der Waals surface area contributed by atoms with Crippen molar-refractivity contribution in [3.05, 3.63) is 63.8 Å². The normalized spacial score (nSPS) is 13.1. The summed E-state index contributed by atoms with van der Waals surface area (Å²) in [5.41, 5.74) is -1.08. The van der Waals surface area contributed by atoms with E-state index < -0.39 is 54.4 Å². The van der Waals surface area contributed by atoms with Gasteiger partial charge in [0.25, 0.3) is 10.1 Å². The lowest BCUT2D eigenvalue weighted by atomic mass is 10.2. The molecule has 0 amide bonds. The monoisotopic (exact) mass is 502 g/mol. The standard InChI is InChI=1S/C15H12BrF3NO6S2/c16-12-3-7-14(8-4-12)28(24,25)26-10-9-20(21)27(22,23)13-5-1-11(2-6-13)15(17,18)19/h1-8H,9-10H2/q-1. The summed E-state index contributed by atoms with van der Waals surface area (Å²) < 4.78 is 90.4. The SMILES string of the molecule is O=S(=O)(OCCN([O-])S(=O)(=O)c1ccc(C(F)(F)F)cc1)c1ccc(Br)cc1. The van der Waals surface area contributed by atoms with Crippen LogP contribution in [0.1, 0.15) is 5.56 Å². The summed E-state index contributed by atoms with van der Waals surface area (Å²) in [6.07, 6.45) is -4.66. The van der Waals surface area contributed by atoms with Gasteiger partial charge < -0.3 is 5.21 Å². The Labute approximate surface area is 167 Å². The molecule has 7 nitrogen and oxygen atoms in total. The first-order valence-electron chi connectivity index (χ1n) is 7.36. The molecule has 0 aliphatic heterocycles. The Morgan fingerprint density at radius 3 is 1.93 bits per heavy atom. The van der Waals surface area contributed by atoms with Crippen molar-refractivity contribution in [3.63, 3.8) is 0 Å². The van der Waals surface area contributed by atoms with Crippen LogP contribution in [-0.2, 0) is 30.5 Å². The number of nitrogens with zero attached hydrogens (tertiary/aromatic N) is 1. The van der Waals surface area contributed by atoms with Crippen molar-refractivity contribution >= 4 is 36.1 Å². The number of halogens is 4. The summed E-state index contributed by atoms with van der Waals surface area (Å²) >= 11 is 3.13. The number of hydrogen-bond donors (Lipinski definition) is 0. The molecule has 0 N–H and O–H groups in total. The van der Waals surface area contributed by atoms with Gasteiger partial charge in [-0.2, -0.15) is 21.6 Å². The molecule has 0 unspecified atom stereocenters. The topological polar surface area (TPSA) is 104 Å². The van der Waals surface area contributed by atoms with Crippen molar-refractivity contribution < 1.29 is 34.2 Å². The number of hydroxylamine groups is 1. The molecule has 0 aliphatic rings. The van der Waals surface area contributed by atoms with Gasteiger partial charge in [0.05, 0.1) is 22.0 Å². The average molecular weight is 503 g/mol. The van der Waals surface area contributed by atoms with Crippen molar-refractivity contribution in [1.29, 1.82) is 0 Å². The number of alkyl halides is 3. The van der Waals surface area contributed by atoms with Crippen LogP contribution < -0.4 is 0 Å². The molecule has 0 spiro atoms. The molecule has 0 radical (unpaired) electrons. The molecule has 0 aromatic heterocycles. The molecule has 2 aromatic rings. The van der Waals surface area contributed by atoms with Crippen LogP contribution in [0.2, 0.25) is 0 Å². The zero-order chi connectivity index (χ0) is 21.2. The summed E-state index contributed by atoms with van der Waals surface area (Å²) in [6, 6.07) is 7.71. The highest BCUT2D eigenvalue weighted by Gasteiger charge is 2.30. The first kappa shape index (κ1) is 22.8. The van der Waals surface area contributed by atoms with Crippen molar-refractivity contribution in [3.8, 4) is 0 Å². The molecule has 0 saturated carbocycles. The first-order chi connectivity index (χ1) is 12.8. The van der Waals surface area contributed by atoms with E-state index in [4.69, 9.17) is 0 Å². The van der Waals surface area contributed by atoms with Crippen LogP contribution in [0.3, 0.4) is 0 Å². The van der Waals surface area contributed by atoms with E-state index in [1.54, 1.807) is 0 Å². The van der Waals surface area contributed by atoms with Crippen LogP contribution in [-0.4, -0.2) is 34.5 Å². The summed E-state index contributed by atoms with van der Waals surface area (Å²) in [7, 11) is -8.87. The molecule has 13 heteroatoms. The fourth-order valence-corrected chi connectivity index (χ4v) is 4.14. The molecular weight excluding hydrogens is 491 g/mol. The number of rotatable bonds is 7. The lowest BCUT2D eigenvalue weighted by Crippen LogP contribution is -2.29. The highest BCUT2D eigenvalue weighted by Crippen LogP contribution is 2.30. The van der Waals surface area contributed by atoms with Gasteiger partial charge in [-0.1, -0.05) is 15.9 Å². The van der Waals surface area contributed by atoms with Gasteiger partial charge in [-0.3, -0.25) is 8.65 Å². The molecule has 2 rings (SSSR count). The molecule has 28 heavy (non-hydrogen) atoms. The van der Waals surface area contributed by atoms with Crippen LogP contribution in [0.5, 0.6) is 0 Å². The maximum Gasteiger partial charge on any atom is 0.416 e. The van der Waals surface area contributed by atoms with Crippen LogP contribution >= 0.6 is 15.9 Å². The lowest BCUT2D eigenvalue weighted by molar-refractivity contribution is -0.137. The lowest BCUT2D eigenvalue weighted by Gasteiger charge is -2.27. The Balaban J connectivity index is 2.03. The van der Waals surface area contributed by atoms with Crippen molar-refractivity contribution in [2.45, 2.75) is 16.0 Å². The van der Waals surface area contributed by atoms with Crippen molar-refractivity contribution in [2.24, 2.45) is 0 Å². The minimum atomic E-state index is -4.66. The maximum atomic E-state index is 12.5. The van der Waals surface area contributed by atoms with E-state index in [0.717, 1.165) is 0 Å². The molecule has 154 valence electrons. The molecule has 0 atom stereocenters. The van der Waals surface area contributed by atoms with E-state index in [-0.39, 0.29) is 4.90 Å². The molecule has 0 bridgehead atoms. The third kappa shape index (κ3) is 5.52. The smallest absolute Gasteiger partial charge is 0.416 e. The number of sulfonamides is 1. The first-order valence-corrected chi connectivity index (χ1v) is 11.0. The van der Waals surface area contributed by atoms with Gasteiger partial charge >= 0.3 is 6.18 Å². The van der Waals surface area contributed by atoms with Gasteiger partial charge in [-0.25, -0.2) is 8.42 Å². The minimum Gasteiger partial charge on any atom is -0.772 e. The van der Waals surface area contributed by atoms with Crippen molar-refractivity contribution in [2.75, 3.05) is 13.2 Å². The summed E-state index contributed by atoms with van der Waals surface area (Å²) in [5, 5.41) is 11.8. The van der Waals surface area contributed by atoms with E-state index in [0.29, 0.717) is 28.7 Å². The quantitative estimate of drug-likeness (QED) is 0.424. The van der Waals surface area contributed by atoms with E-state index in [1.165, 1.54) is 24.3 Å². The third-order valence-electron chi connectivity index (χ3n) is 3.36. The maximum absolute atomic E-state index is 12.5. The minimum absolute atomic E-state index is 0.196.